The fourth-order valence-corrected chi connectivity index (χ4v) is 2.20. The summed E-state index contributed by atoms with van der Waals surface area (Å²) >= 11 is 0. The topological polar surface area (TPSA) is 69.6 Å². The number of phenols is 1. The average molecular weight is 221 g/mol. The molecule has 1 aromatic carbocycles. The van der Waals surface area contributed by atoms with Gasteiger partial charge in [-0.1, -0.05) is 12.1 Å². The van der Waals surface area contributed by atoms with E-state index in [1.807, 2.05) is 12.1 Å². The molecule has 16 heavy (non-hydrogen) atoms. The summed E-state index contributed by atoms with van der Waals surface area (Å²) in [5.74, 6) is -0.443. The fraction of sp³-hybridized carbons (Fsp3) is 0.417. The quantitative estimate of drug-likeness (QED) is 0.719. The Balaban J connectivity index is 2.01. The van der Waals surface area contributed by atoms with E-state index in [-0.39, 0.29) is 12.5 Å². The second kappa shape index (κ2) is 4.53. The summed E-state index contributed by atoms with van der Waals surface area (Å²) in [4.78, 5) is 10.4. The summed E-state index contributed by atoms with van der Waals surface area (Å²) in [6.07, 6.45) is 1.91. The van der Waals surface area contributed by atoms with Gasteiger partial charge in [0.15, 0.2) is 0 Å². The second-order valence-corrected chi connectivity index (χ2v) is 4.03. The van der Waals surface area contributed by atoms with Crippen LogP contribution in [-0.2, 0) is 11.2 Å². The van der Waals surface area contributed by atoms with Gasteiger partial charge < -0.3 is 15.5 Å². The van der Waals surface area contributed by atoms with Crippen LogP contribution in [0, 0.1) is 0 Å². The highest BCUT2D eigenvalue weighted by molar-refractivity contribution is 5.66. The van der Waals surface area contributed by atoms with E-state index < -0.39 is 5.97 Å². The molecule has 4 heteroatoms. The van der Waals surface area contributed by atoms with Gasteiger partial charge in [-0.15, -0.1) is 0 Å². The number of benzene rings is 1. The molecule has 0 radical (unpaired) electrons. The smallest absolute Gasteiger partial charge is 0.304 e. The molecule has 2 rings (SSSR count). The van der Waals surface area contributed by atoms with Gasteiger partial charge in [-0.3, -0.25) is 4.79 Å². The van der Waals surface area contributed by atoms with Crippen molar-refractivity contribution in [1.29, 1.82) is 0 Å². The highest BCUT2D eigenvalue weighted by atomic mass is 16.4. The SMILES string of the molecule is O=C(O)CCNC1CCc2c(O)cccc21. The van der Waals surface area contributed by atoms with Crippen LogP contribution < -0.4 is 5.32 Å². The summed E-state index contributed by atoms with van der Waals surface area (Å²) in [5.41, 5.74) is 2.10. The molecule has 0 heterocycles. The van der Waals surface area contributed by atoms with Crippen LogP contribution in [0.4, 0.5) is 0 Å². The van der Waals surface area contributed by atoms with E-state index >= 15 is 0 Å². The molecule has 1 aliphatic rings. The van der Waals surface area contributed by atoms with Crippen LogP contribution in [0.15, 0.2) is 18.2 Å². The van der Waals surface area contributed by atoms with Gasteiger partial charge in [0.1, 0.15) is 5.75 Å². The van der Waals surface area contributed by atoms with Crippen molar-refractivity contribution in [2.45, 2.75) is 25.3 Å². The lowest BCUT2D eigenvalue weighted by Gasteiger charge is -2.13. The second-order valence-electron chi connectivity index (χ2n) is 4.03. The summed E-state index contributed by atoms with van der Waals surface area (Å²) in [6, 6.07) is 5.69. The molecule has 3 N–H and O–H groups in total. The Labute approximate surface area is 93.9 Å². The monoisotopic (exact) mass is 221 g/mol. The lowest BCUT2D eigenvalue weighted by Crippen LogP contribution is -2.22. The minimum atomic E-state index is -0.790. The molecule has 1 unspecified atom stereocenters. The standard InChI is InChI=1S/C12H15NO3/c14-11-3-1-2-8-9(11)4-5-10(8)13-7-6-12(15)16/h1-3,10,13-14H,4-7H2,(H,15,16). The number of carbonyl (C=O) groups is 1. The lowest BCUT2D eigenvalue weighted by molar-refractivity contribution is -0.136. The van der Waals surface area contributed by atoms with Crippen molar-refractivity contribution in [3.63, 3.8) is 0 Å². The van der Waals surface area contributed by atoms with Gasteiger partial charge in [-0.05, 0) is 30.0 Å². The number of nitrogens with one attached hydrogen (secondary N) is 1. The molecule has 0 aromatic heterocycles. The van der Waals surface area contributed by atoms with Gasteiger partial charge in [-0.2, -0.15) is 0 Å². The third-order valence-electron chi connectivity index (χ3n) is 2.98. The van der Waals surface area contributed by atoms with Crippen molar-refractivity contribution < 1.29 is 15.0 Å². The summed E-state index contributed by atoms with van der Waals surface area (Å²) in [7, 11) is 0. The molecule has 0 fully saturated rings. The molecule has 86 valence electrons. The predicted molar refractivity (Wildman–Crippen MR) is 59.4 cm³/mol. The first-order valence-corrected chi connectivity index (χ1v) is 5.44. The number of phenolic OH excluding ortho intramolecular Hbond substituents is 1. The Hall–Kier alpha value is -1.55. The summed E-state index contributed by atoms with van der Waals surface area (Å²) < 4.78 is 0. The number of hydrogen-bond acceptors (Lipinski definition) is 3. The number of carboxylic acid groups (broad SMARTS) is 1. The normalized spacial score (nSPS) is 18.4. The third-order valence-corrected chi connectivity index (χ3v) is 2.98. The Bertz CT molecular complexity index is 403. The number of aromatic hydroxyl groups is 1. The van der Waals surface area contributed by atoms with Crippen LogP contribution >= 0.6 is 0 Å². The number of fused-ring (bicyclic) bond motifs is 1. The minimum absolute atomic E-state index is 0.130. The van der Waals surface area contributed by atoms with Crippen LogP contribution in [0.5, 0.6) is 5.75 Å². The first-order chi connectivity index (χ1) is 7.68. The van der Waals surface area contributed by atoms with Crippen molar-refractivity contribution in [1.82, 2.24) is 5.32 Å². The van der Waals surface area contributed by atoms with E-state index in [0.29, 0.717) is 12.3 Å². The largest absolute Gasteiger partial charge is 0.508 e. The molecule has 0 spiro atoms. The van der Waals surface area contributed by atoms with E-state index in [2.05, 4.69) is 5.32 Å². The van der Waals surface area contributed by atoms with Crippen molar-refractivity contribution in [3.8, 4) is 5.75 Å². The Morgan fingerprint density at radius 2 is 2.31 bits per heavy atom. The highest BCUT2D eigenvalue weighted by Crippen LogP contribution is 2.35. The van der Waals surface area contributed by atoms with Gasteiger partial charge in [0, 0.05) is 12.6 Å². The predicted octanol–water partition coefficient (Wildman–Crippen LogP) is 1.44. The third kappa shape index (κ3) is 2.17. The van der Waals surface area contributed by atoms with Crippen LogP contribution in [0.25, 0.3) is 0 Å². The molecular formula is C12H15NO3. The molecule has 0 amide bonds. The van der Waals surface area contributed by atoms with Crippen LogP contribution in [0.3, 0.4) is 0 Å². The number of hydrogen-bond donors (Lipinski definition) is 3. The van der Waals surface area contributed by atoms with E-state index in [4.69, 9.17) is 5.11 Å². The maximum atomic E-state index is 10.4. The zero-order valence-electron chi connectivity index (χ0n) is 8.94. The Morgan fingerprint density at radius 1 is 1.50 bits per heavy atom. The van der Waals surface area contributed by atoms with Gasteiger partial charge >= 0.3 is 5.97 Å². The molecule has 0 aliphatic heterocycles. The Morgan fingerprint density at radius 3 is 3.06 bits per heavy atom. The first kappa shape index (κ1) is 11.0. The highest BCUT2D eigenvalue weighted by Gasteiger charge is 2.23. The molecule has 0 bridgehead atoms. The van der Waals surface area contributed by atoms with E-state index in [1.54, 1.807) is 6.07 Å². The molecule has 1 aromatic rings. The van der Waals surface area contributed by atoms with Crippen LogP contribution in [0.1, 0.15) is 30.0 Å². The van der Waals surface area contributed by atoms with E-state index in [1.165, 1.54) is 0 Å². The van der Waals surface area contributed by atoms with Crippen molar-refractivity contribution >= 4 is 5.97 Å². The van der Waals surface area contributed by atoms with Gasteiger partial charge in [-0.25, -0.2) is 0 Å². The fourth-order valence-electron chi connectivity index (χ4n) is 2.20. The number of aliphatic carboxylic acids is 1. The van der Waals surface area contributed by atoms with Crippen molar-refractivity contribution in [2.75, 3.05) is 6.54 Å². The number of rotatable bonds is 4. The van der Waals surface area contributed by atoms with Gasteiger partial charge in [0.2, 0.25) is 0 Å². The van der Waals surface area contributed by atoms with Gasteiger partial charge in [0.05, 0.1) is 6.42 Å². The Kier molecular flexibility index (Phi) is 3.10. The maximum absolute atomic E-state index is 10.4. The van der Waals surface area contributed by atoms with Gasteiger partial charge in [0.25, 0.3) is 0 Å². The van der Waals surface area contributed by atoms with Crippen LogP contribution in [-0.4, -0.2) is 22.7 Å². The van der Waals surface area contributed by atoms with Crippen molar-refractivity contribution in [2.24, 2.45) is 0 Å². The summed E-state index contributed by atoms with van der Waals surface area (Å²) in [6.45, 7) is 0.467. The van der Waals surface area contributed by atoms with Crippen molar-refractivity contribution in [3.05, 3.63) is 29.3 Å². The summed E-state index contributed by atoms with van der Waals surface area (Å²) in [5, 5.41) is 21.4. The van der Waals surface area contributed by atoms with Crippen LogP contribution in [0.2, 0.25) is 0 Å². The average Bonchev–Trinajstić information content (AvgIpc) is 2.63. The molecule has 0 saturated heterocycles. The number of carboxylic acids is 1. The molecule has 4 nitrogen and oxygen atoms in total. The molecule has 1 atom stereocenters. The minimum Gasteiger partial charge on any atom is -0.508 e. The molecule has 1 aliphatic carbocycles. The lowest BCUT2D eigenvalue weighted by atomic mass is 10.1. The molecule has 0 saturated carbocycles. The zero-order valence-corrected chi connectivity index (χ0v) is 8.94. The van der Waals surface area contributed by atoms with E-state index in [0.717, 1.165) is 24.0 Å². The first-order valence-electron chi connectivity index (χ1n) is 5.44. The molecular weight excluding hydrogens is 206 g/mol. The maximum Gasteiger partial charge on any atom is 0.304 e. The van der Waals surface area contributed by atoms with E-state index in [9.17, 15) is 9.90 Å². The zero-order chi connectivity index (χ0) is 11.5.